The Hall–Kier alpha value is -3.32. The SMILES string of the molecule is COCCCN(Cc1c(-c2ccccc2)noc1N1CCCC[C@H]1C)C(=O)c1ccccc1OC. The second kappa shape index (κ2) is 11.9. The molecule has 0 bridgehead atoms. The Morgan fingerprint density at radius 3 is 2.63 bits per heavy atom. The molecule has 2 aromatic carbocycles. The van der Waals surface area contributed by atoms with Crippen LogP contribution >= 0.6 is 0 Å². The number of para-hydroxylation sites is 1. The number of piperidine rings is 1. The van der Waals surface area contributed by atoms with Gasteiger partial charge in [0, 0.05) is 38.4 Å². The summed E-state index contributed by atoms with van der Waals surface area (Å²) in [5.74, 6) is 1.24. The van der Waals surface area contributed by atoms with Gasteiger partial charge in [-0.15, -0.1) is 0 Å². The Kier molecular flexibility index (Phi) is 8.42. The van der Waals surface area contributed by atoms with Crippen LogP contribution in [0.3, 0.4) is 0 Å². The normalized spacial score (nSPS) is 15.7. The molecule has 0 aliphatic carbocycles. The van der Waals surface area contributed by atoms with E-state index in [0.717, 1.165) is 48.5 Å². The Morgan fingerprint density at radius 1 is 1.11 bits per heavy atom. The van der Waals surface area contributed by atoms with Gasteiger partial charge < -0.3 is 23.8 Å². The van der Waals surface area contributed by atoms with E-state index in [1.807, 2.05) is 59.5 Å². The molecule has 4 rings (SSSR count). The van der Waals surface area contributed by atoms with Crippen LogP contribution in [0.1, 0.15) is 48.5 Å². The van der Waals surface area contributed by atoms with E-state index >= 15 is 0 Å². The summed E-state index contributed by atoms with van der Waals surface area (Å²) in [5, 5.41) is 4.51. The maximum Gasteiger partial charge on any atom is 0.257 e. The van der Waals surface area contributed by atoms with Gasteiger partial charge in [-0.1, -0.05) is 47.6 Å². The van der Waals surface area contributed by atoms with Crippen molar-refractivity contribution in [3.8, 4) is 17.0 Å². The van der Waals surface area contributed by atoms with E-state index in [-0.39, 0.29) is 5.91 Å². The maximum absolute atomic E-state index is 13.8. The van der Waals surface area contributed by atoms with Crippen LogP contribution in [0.5, 0.6) is 5.75 Å². The zero-order valence-electron chi connectivity index (χ0n) is 20.9. The molecule has 1 aliphatic rings. The van der Waals surface area contributed by atoms with Crippen molar-refractivity contribution >= 4 is 11.8 Å². The molecule has 35 heavy (non-hydrogen) atoms. The topological polar surface area (TPSA) is 68.0 Å². The zero-order valence-corrected chi connectivity index (χ0v) is 20.9. The van der Waals surface area contributed by atoms with Gasteiger partial charge in [0.25, 0.3) is 5.91 Å². The Balaban J connectivity index is 1.74. The van der Waals surface area contributed by atoms with Gasteiger partial charge in [0.05, 0.1) is 24.8 Å². The fourth-order valence-corrected chi connectivity index (χ4v) is 4.73. The van der Waals surface area contributed by atoms with Crippen molar-refractivity contribution in [2.45, 2.75) is 45.2 Å². The highest BCUT2D eigenvalue weighted by Crippen LogP contribution is 2.36. The van der Waals surface area contributed by atoms with E-state index in [2.05, 4.69) is 17.0 Å². The quantitative estimate of drug-likeness (QED) is 0.364. The average Bonchev–Trinajstić information content (AvgIpc) is 3.31. The molecule has 2 heterocycles. The number of carbonyl (C=O) groups is 1. The van der Waals surface area contributed by atoms with Crippen LogP contribution < -0.4 is 9.64 Å². The molecule has 1 aliphatic heterocycles. The molecule has 0 radical (unpaired) electrons. The molecule has 0 N–H and O–H groups in total. The van der Waals surface area contributed by atoms with E-state index in [4.69, 9.17) is 14.0 Å². The first-order valence-corrected chi connectivity index (χ1v) is 12.4. The van der Waals surface area contributed by atoms with Gasteiger partial charge in [0.2, 0.25) is 5.88 Å². The van der Waals surface area contributed by atoms with Crippen LogP contribution in [-0.2, 0) is 11.3 Å². The predicted octanol–water partition coefficient (Wildman–Crippen LogP) is 5.41. The van der Waals surface area contributed by atoms with Crippen molar-refractivity contribution in [2.75, 3.05) is 38.8 Å². The lowest BCUT2D eigenvalue weighted by Gasteiger charge is -2.34. The number of hydrogen-bond acceptors (Lipinski definition) is 6. The smallest absolute Gasteiger partial charge is 0.257 e. The predicted molar refractivity (Wildman–Crippen MR) is 137 cm³/mol. The molecule has 1 atom stereocenters. The van der Waals surface area contributed by atoms with E-state index in [1.165, 1.54) is 6.42 Å². The summed E-state index contributed by atoms with van der Waals surface area (Å²) < 4.78 is 16.8. The molecule has 7 nitrogen and oxygen atoms in total. The van der Waals surface area contributed by atoms with Crippen molar-refractivity contribution in [2.24, 2.45) is 0 Å². The summed E-state index contributed by atoms with van der Waals surface area (Å²) >= 11 is 0. The summed E-state index contributed by atoms with van der Waals surface area (Å²) in [6, 6.07) is 17.7. The monoisotopic (exact) mass is 477 g/mol. The van der Waals surface area contributed by atoms with Crippen LogP contribution in [-0.4, -0.2) is 55.9 Å². The summed E-state index contributed by atoms with van der Waals surface area (Å²) in [6.45, 7) is 4.64. The largest absolute Gasteiger partial charge is 0.496 e. The van der Waals surface area contributed by atoms with Crippen molar-refractivity contribution in [3.63, 3.8) is 0 Å². The lowest BCUT2D eigenvalue weighted by atomic mass is 10.0. The summed E-state index contributed by atoms with van der Waals surface area (Å²) in [4.78, 5) is 17.9. The number of methoxy groups -OCH3 is 2. The molecule has 1 amide bonds. The number of nitrogens with zero attached hydrogens (tertiary/aromatic N) is 3. The highest BCUT2D eigenvalue weighted by Gasteiger charge is 2.30. The van der Waals surface area contributed by atoms with Gasteiger partial charge in [0.15, 0.2) is 0 Å². The highest BCUT2D eigenvalue weighted by molar-refractivity contribution is 5.97. The fourth-order valence-electron chi connectivity index (χ4n) is 4.73. The van der Waals surface area contributed by atoms with Crippen molar-refractivity contribution in [1.29, 1.82) is 0 Å². The molecular weight excluding hydrogens is 442 g/mol. The summed E-state index contributed by atoms with van der Waals surface area (Å²) in [5.41, 5.74) is 3.23. The third-order valence-electron chi connectivity index (χ3n) is 6.63. The van der Waals surface area contributed by atoms with Gasteiger partial charge in [-0.05, 0) is 44.7 Å². The Bertz CT molecular complexity index is 1100. The summed E-state index contributed by atoms with van der Waals surface area (Å²) in [7, 11) is 3.26. The lowest BCUT2D eigenvalue weighted by molar-refractivity contribution is 0.0720. The molecule has 186 valence electrons. The van der Waals surface area contributed by atoms with Crippen LogP contribution in [0.4, 0.5) is 5.88 Å². The summed E-state index contributed by atoms with van der Waals surface area (Å²) in [6.07, 6.45) is 4.16. The molecule has 1 aromatic heterocycles. The minimum absolute atomic E-state index is 0.0867. The fraction of sp³-hybridized carbons (Fsp3) is 0.429. The first kappa shape index (κ1) is 24.8. The number of hydrogen-bond donors (Lipinski definition) is 0. The van der Waals surface area contributed by atoms with Gasteiger partial charge in [-0.2, -0.15) is 0 Å². The van der Waals surface area contributed by atoms with E-state index in [1.54, 1.807) is 14.2 Å². The lowest BCUT2D eigenvalue weighted by Crippen LogP contribution is -2.38. The zero-order chi connectivity index (χ0) is 24.6. The number of aromatic nitrogens is 1. The van der Waals surface area contributed by atoms with Gasteiger partial charge in [0.1, 0.15) is 11.4 Å². The van der Waals surface area contributed by atoms with Gasteiger partial charge in [-0.3, -0.25) is 4.79 Å². The van der Waals surface area contributed by atoms with E-state index in [9.17, 15) is 4.79 Å². The first-order chi connectivity index (χ1) is 17.1. The molecule has 0 spiro atoms. The van der Waals surface area contributed by atoms with Crippen molar-refractivity contribution in [3.05, 3.63) is 65.7 Å². The van der Waals surface area contributed by atoms with E-state index < -0.39 is 0 Å². The molecule has 0 saturated carbocycles. The minimum atomic E-state index is -0.0867. The minimum Gasteiger partial charge on any atom is -0.496 e. The Morgan fingerprint density at radius 2 is 1.89 bits per heavy atom. The van der Waals surface area contributed by atoms with Gasteiger partial charge >= 0.3 is 0 Å². The van der Waals surface area contributed by atoms with Crippen LogP contribution in [0.2, 0.25) is 0 Å². The number of carbonyl (C=O) groups excluding carboxylic acids is 1. The molecule has 7 heteroatoms. The van der Waals surface area contributed by atoms with Gasteiger partial charge in [-0.25, -0.2) is 0 Å². The number of rotatable bonds is 10. The van der Waals surface area contributed by atoms with E-state index in [0.29, 0.717) is 37.1 Å². The van der Waals surface area contributed by atoms with Crippen molar-refractivity contribution < 1.29 is 18.8 Å². The number of anilines is 1. The standard InChI is InChI=1S/C28H35N3O4/c1-21-12-9-10-18-31(21)28-24(26(29-35-28)22-13-5-4-6-14-22)20-30(17-11-19-33-2)27(32)23-15-7-8-16-25(23)34-3/h4-8,13-16,21H,9-12,17-20H2,1-3H3/t21-/m1/s1. The molecule has 1 saturated heterocycles. The number of ether oxygens (including phenoxy) is 2. The molecule has 3 aromatic rings. The maximum atomic E-state index is 13.8. The van der Waals surface area contributed by atoms with Crippen LogP contribution in [0.15, 0.2) is 59.1 Å². The highest BCUT2D eigenvalue weighted by atomic mass is 16.5. The van der Waals surface area contributed by atoms with Crippen LogP contribution in [0, 0.1) is 0 Å². The van der Waals surface area contributed by atoms with Crippen molar-refractivity contribution in [1.82, 2.24) is 10.1 Å². The number of amides is 1. The number of benzene rings is 2. The first-order valence-electron chi connectivity index (χ1n) is 12.4. The third kappa shape index (κ3) is 5.68. The molecule has 1 fully saturated rings. The van der Waals surface area contributed by atoms with Crippen LogP contribution in [0.25, 0.3) is 11.3 Å². The average molecular weight is 478 g/mol. The molecular formula is C28H35N3O4. The third-order valence-corrected chi connectivity index (χ3v) is 6.63. The Labute approximate surface area is 207 Å². The second-order valence-corrected chi connectivity index (χ2v) is 8.99. The second-order valence-electron chi connectivity index (χ2n) is 8.99. The molecule has 0 unspecified atom stereocenters.